The lowest BCUT2D eigenvalue weighted by Crippen LogP contribution is -2.61. The summed E-state index contributed by atoms with van der Waals surface area (Å²) >= 11 is 0. The third-order valence-corrected chi connectivity index (χ3v) is 4.82. The minimum atomic E-state index is -1.19. The van der Waals surface area contributed by atoms with Crippen LogP contribution in [0.5, 0.6) is 0 Å². The number of benzene rings is 2. The zero-order valence-corrected chi connectivity index (χ0v) is 16.7. The largest absolute Gasteiger partial charge is 0.445 e. The third kappa shape index (κ3) is 6.01. The summed E-state index contributed by atoms with van der Waals surface area (Å²) in [6.07, 6.45) is -5.79. The van der Waals surface area contributed by atoms with Gasteiger partial charge < -0.3 is 34.5 Å². The molecule has 5 atom stereocenters. The molecule has 8 heteroatoms. The predicted molar refractivity (Wildman–Crippen MR) is 107 cm³/mol. The zero-order valence-electron chi connectivity index (χ0n) is 16.7. The first-order valence-corrected chi connectivity index (χ1v) is 9.73. The highest BCUT2D eigenvalue weighted by atomic mass is 16.7. The Morgan fingerprint density at radius 2 is 1.57 bits per heavy atom. The van der Waals surface area contributed by atoms with Crippen molar-refractivity contribution >= 4 is 6.09 Å². The second-order valence-electron chi connectivity index (χ2n) is 6.96. The van der Waals surface area contributed by atoms with Gasteiger partial charge in [-0.15, -0.1) is 0 Å². The third-order valence-electron chi connectivity index (χ3n) is 4.82. The first kappa shape index (κ1) is 22.2. The van der Waals surface area contributed by atoms with E-state index < -0.39 is 36.8 Å². The lowest BCUT2D eigenvalue weighted by molar-refractivity contribution is -0.297. The van der Waals surface area contributed by atoms with Crippen molar-refractivity contribution in [1.82, 2.24) is 5.32 Å². The molecule has 30 heavy (non-hydrogen) atoms. The average Bonchev–Trinajstić information content (AvgIpc) is 2.78. The number of rotatable bonds is 8. The molecule has 0 saturated carbocycles. The van der Waals surface area contributed by atoms with E-state index in [-0.39, 0.29) is 19.8 Å². The number of aliphatic hydroxyl groups is 2. The minimum absolute atomic E-state index is 0.0352. The van der Waals surface area contributed by atoms with Gasteiger partial charge in [-0.2, -0.15) is 0 Å². The van der Waals surface area contributed by atoms with Crippen LogP contribution in [0, 0.1) is 0 Å². The molecule has 0 aromatic heterocycles. The summed E-state index contributed by atoms with van der Waals surface area (Å²) in [5.41, 5.74) is 1.76. The number of nitrogens with one attached hydrogen (secondary N) is 1. The molecule has 0 bridgehead atoms. The van der Waals surface area contributed by atoms with E-state index in [0.717, 1.165) is 11.1 Å². The summed E-state index contributed by atoms with van der Waals surface area (Å²) in [5, 5.41) is 23.7. The maximum absolute atomic E-state index is 12.0. The summed E-state index contributed by atoms with van der Waals surface area (Å²) in [5.74, 6) is 0. The van der Waals surface area contributed by atoms with Gasteiger partial charge in [0.2, 0.25) is 0 Å². The Bertz CT molecular complexity index is 774. The van der Waals surface area contributed by atoms with Gasteiger partial charge in [0.25, 0.3) is 0 Å². The number of carbonyl (C=O) groups excluding carboxylic acids is 1. The van der Waals surface area contributed by atoms with Crippen molar-refractivity contribution in [3.63, 3.8) is 0 Å². The Labute approximate surface area is 175 Å². The highest BCUT2D eigenvalue weighted by Crippen LogP contribution is 2.25. The van der Waals surface area contributed by atoms with Crippen LogP contribution in [0.1, 0.15) is 11.1 Å². The van der Waals surface area contributed by atoms with Gasteiger partial charge in [-0.25, -0.2) is 4.79 Å². The number of methoxy groups -OCH3 is 1. The van der Waals surface area contributed by atoms with Crippen LogP contribution < -0.4 is 5.32 Å². The summed E-state index contributed by atoms with van der Waals surface area (Å²) in [4.78, 5) is 12.0. The lowest BCUT2D eigenvalue weighted by Gasteiger charge is -2.41. The average molecular weight is 417 g/mol. The first-order chi connectivity index (χ1) is 14.6. The van der Waals surface area contributed by atoms with Gasteiger partial charge in [0, 0.05) is 13.7 Å². The minimum Gasteiger partial charge on any atom is -0.445 e. The summed E-state index contributed by atoms with van der Waals surface area (Å²) in [6.45, 7) is 0.296. The van der Waals surface area contributed by atoms with Gasteiger partial charge in [0.05, 0.1) is 6.61 Å². The summed E-state index contributed by atoms with van der Waals surface area (Å²) in [6, 6.07) is 18.7. The van der Waals surface area contributed by atoms with E-state index in [4.69, 9.17) is 18.9 Å². The maximum atomic E-state index is 12.0. The smallest absolute Gasteiger partial charge is 0.407 e. The summed E-state index contributed by atoms with van der Waals surface area (Å²) in [7, 11) is 1.39. The van der Waals surface area contributed by atoms with E-state index in [0.29, 0.717) is 0 Å². The second kappa shape index (κ2) is 11.1. The van der Waals surface area contributed by atoms with Gasteiger partial charge in [0.1, 0.15) is 31.0 Å². The van der Waals surface area contributed by atoms with Crippen molar-refractivity contribution in [3.8, 4) is 0 Å². The molecule has 8 nitrogen and oxygen atoms in total. The van der Waals surface area contributed by atoms with Crippen molar-refractivity contribution in [3.05, 3.63) is 71.8 Å². The Morgan fingerprint density at radius 1 is 0.967 bits per heavy atom. The number of hydrogen-bond acceptors (Lipinski definition) is 7. The lowest BCUT2D eigenvalue weighted by atomic mass is 9.98. The van der Waals surface area contributed by atoms with E-state index in [1.54, 1.807) is 0 Å². The zero-order chi connectivity index (χ0) is 21.3. The normalized spacial score (nSPS) is 26.2. The van der Waals surface area contributed by atoms with E-state index in [1.165, 1.54) is 7.11 Å². The van der Waals surface area contributed by atoms with Gasteiger partial charge in [0.15, 0.2) is 6.29 Å². The van der Waals surface area contributed by atoms with E-state index >= 15 is 0 Å². The van der Waals surface area contributed by atoms with E-state index in [2.05, 4.69) is 5.32 Å². The molecule has 0 unspecified atom stereocenters. The number of alkyl carbamates (subject to hydrolysis) is 1. The quantitative estimate of drug-likeness (QED) is 0.599. The van der Waals surface area contributed by atoms with Crippen molar-refractivity contribution in [2.45, 2.75) is 43.9 Å². The fourth-order valence-electron chi connectivity index (χ4n) is 3.19. The molecule has 0 radical (unpaired) electrons. The molecule has 1 amide bonds. The molecule has 0 aliphatic carbocycles. The van der Waals surface area contributed by atoms with Crippen LogP contribution in [-0.2, 0) is 32.2 Å². The highest BCUT2D eigenvalue weighted by molar-refractivity contribution is 5.67. The van der Waals surface area contributed by atoms with Crippen molar-refractivity contribution in [1.29, 1.82) is 0 Å². The molecule has 1 fully saturated rings. The van der Waals surface area contributed by atoms with Crippen LogP contribution in [0.25, 0.3) is 0 Å². The topological polar surface area (TPSA) is 106 Å². The molecule has 3 N–H and O–H groups in total. The fourth-order valence-corrected chi connectivity index (χ4v) is 3.19. The number of carbonyl (C=O) groups is 1. The Morgan fingerprint density at radius 3 is 2.17 bits per heavy atom. The molecular formula is C22H27NO7. The van der Waals surface area contributed by atoms with Crippen LogP contribution in [-0.4, -0.2) is 60.7 Å². The fraction of sp³-hybridized carbons (Fsp3) is 0.409. The monoisotopic (exact) mass is 417 g/mol. The number of ether oxygens (including phenoxy) is 4. The molecular weight excluding hydrogens is 390 g/mol. The van der Waals surface area contributed by atoms with Gasteiger partial charge in [-0.1, -0.05) is 60.7 Å². The number of hydrogen-bond donors (Lipinski definition) is 3. The first-order valence-electron chi connectivity index (χ1n) is 9.73. The Kier molecular flexibility index (Phi) is 8.18. The number of amides is 1. The molecule has 1 aliphatic heterocycles. The van der Waals surface area contributed by atoms with Crippen LogP contribution in [0.2, 0.25) is 0 Å². The van der Waals surface area contributed by atoms with Gasteiger partial charge in [-0.3, -0.25) is 0 Å². The molecule has 1 aliphatic rings. The second-order valence-corrected chi connectivity index (χ2v) is 6.96. The van der Waals surface area contributed by atoms with E-state index in [9.17, 15) is 15.0 Å². The molecule has 2 aromatic rings. The summed E-state index contributed by atoms with van der Waals surface area (Å²) < 4.78 is 21.7. The SMILES string of the molecule is CO[C@@H]1O[C@H](CNC(=O)OCc2ccccc2)[C@@H](O)[C@H](OCc2ccccc2)[C@@H]1O. The molecule has 162 valence electrons. The van der Waals surface area contributed by atoms with E-state index in [1.807, 2.05) is 60.7 Å². The molecule has 2 aromatic carbocycles. The van der Waals surface area contributed by atoms with Gasteiger partial charge in [-0.05, 0) is 11.1 Å². The van der Waals surface area contributed by atoms with Crippen LogP contribution in [0.4, 0.5) is 4.79 Å². The van der Waals surface area contributed by atoms with Crippen molar-refractivity contribution in [2.24, 2.45) is 0 Å². The van der Waals surface area contributed by atoms with Crippen molar-refractivity contribution < 1.29 is 34.0 Å². The highest BCUT2D eigenvalue weighted by Gasteiger charge is 2.45. The number of aliphatic hydroxyl groups excluding tert-OH is 2. The predicted octanol–water partition coefficient (Wildman–Crippen LogP) is 1.59. The standard InChI is InChI=1S/C22H27NO7/c1-27-21-19(25)20(28-13-15-8-4-2-5-9-15)18(24)17(30-21)12-23-22(26)29-14-16-10-6-3-7-11-16/h2-11,17-21,24-25H,12-14H2,1H3,(H,23,26)/t17-,18-,19+,20+,21-/m1/s1. The molecule has 3 rings (SSSR count). The van der Waals surface area contributed by atoms with Crippen LogP contribution in [0.15, 0.2) is 60.7 Å². The molecule has 0 spiro atoms. The molecule has 1 saturated heterocycles. The molecule has 1 heterocycles. The van der Waals surface area contributed by atoms with Crippen LogP contribution in [0.3, 0.4) is 0 Å². The van der Waals surface area contributed by atoms with Crippen molar-refractivity contribution in [2.75, 3.05) is 13.7 Å². The Hall–Kier alpha value is -2.49. The van der Waals surface area contributed by atoms with Crippen LogP contribution >= 0.6 is 0 Å². The van der Waals surface area contributed by atoms with Gasteiger partial charge >= 0.3 is 6.09 Å². The Balaban J connectivity index is 1.53. The maximum Gasteiger partial charge on any atom is 0.407 e.